The van der Waals surface area contributed by atoms with Gasteiger partial charge < -0.3 is 9.88 Å². The summed E-state index contributed by atoms with van der Waals surface area (Å²) in [6.45, 7) is 3.97. The maximum atomic E-state index is 12.2. The number of aromatic nitrogens is 5. The fourth-order valence-electron chi connectivity index (χ4n) is 2.34. The van der Waals surface area contributed by atoms with E-state index in [0.29, 0.717) is 16.1 Å². The number of hydrogen-bond acceptors (Lipinski definition) is 8. The highest BCUT2D eigenvalue weighted by Gasteiger charge is 2.15. The predicted octanol–water partition coefficient (Wildman–Crippen LogP) is 2.45. The third-order valence-corrected chi connectivity index (χ3v) is 5.93. The molecule has 152 valence electrons. The van der Waals surface area contributed by atoms with Gasteiger partial charge in [0, 0.05) is 12.7 Å². The first-order valence-corrected chi connectivity index (χ1v) is 10.7. The van der Waals surface area contributed by atoms with E-state index in [0.717, 1.165) is 22.7 Å². The van der Waals surface area contributed by atoms with Crippen molar-refractivity contribution in [1.82, 2.24) is 25.0 Å². The molecule has 0 unspecified atom stereocenters. The Hall–Kier alpha value is -2.79. The molecule has 9 nitrogen and oxygen atoms in total. The number of nitrogens with one attached hydrogen (secondary N) is 2. The number of benzene rings is 1. The van der Waals surface area contributed by atoms with Crippen LogP contribution in [0.1, 0.15) is 23.3 Å². The number of aryl methyl sites for hydroxylation is 2. The fourth-order valence-corrected chi connectivity index (χ4v) is 3.77. The topological polar surface area (TPSA) is 115 Å². The lowest BCUT2D eigenvalue weighted by molar-refractivity contribution is -0.116. The second kappa shape index (κ2) is 9.61. The Morgan fingerprint density at radius 3 is 2.52 bits per heavy atom. The van der Waals surface area contributed by atoms with Crippen LogP contribution in [0.4, 0.5) is 10.8 Å². The van der Waals surface area contributed by atoms with Crippen molar-refractivity contribution in [2.75, 3.05) is 16.4 Å². The van der Waals surface area contributed by atoms with Crippen LogP contribution in [0.15, 0.2) is 29.4 Å². The summed E-state index contributed by atoms with van der Waals surface area (Å²) in [7, 11) is 1.77. The second-order valence-electron chi connectivity index (χ2n) is 6.24. The Morgan fingerprint density at radius 2 is 1.83 bits per heavy atom. The number of thioether (sulfide) groups is 1. The monoisotopic (exact) mass is 431 g/mol. The number of nitrogens with zero attached hydrogens (tertiary/aromatic N) is 5. The molecular weight excluding hydrogens is 410 g/mol. The highest BCUT2D eigenvalue weighted by molar-refractivity contribution is 7.99. The molecule has 2 aromatic heterocycles. The highest BCUT2D eigenvalue weighted by atomic mass is 32.2. The number of hydrogen-bond donors (Lipinski definition) is 2. The van der Waals surface area contributed by atoms with Crippen molar-refractivity contribution in [2.24, 2.45) is 7.05 Å². The molecule has 0 saturated heterocycles. The van der Waals surface area contributed by atoms with Crippen molar-refractivity contribution in [2.45, 2.75) is 31.8 Å². The molecule has 1 aromatic carbocycles. The minimum atomic E-state index is -0.199. The summed E-state index contributed by atoms with van der Waals surface area (Å²) in [5.41, 5.74) is 1.86. The highest BCUT2D eigenvalue weighted by Crippen LogP contribution is 2.19. The van der Waals surface area contributed by atoms with Crippen molar-refractivity contribution in [3.63, 3.8) is 0 Å². The normalized spacial score (nSPS) is 10.7. The average molecular weight is 432 g/mol. The molecule has 0 saturated carbocycles. The molecule has 0 fully saturated rings. The van der Waals surface area contributed by atoms with E-state index < -0.39 is 0 Å². The van der Waals surface area contributed by atoms with E-state index in [-0.39, 0.29) is 24.0 Å². The standard InChI is InChI=1S/C18H21N7O2S2/c1-4-16-22-23-17(29-16)20-15(27)10-28-18-24-21-13(25(18)3)9-14(26)19-12-7-5-11(2)6-8-12/h5-8H,4,9-10H2,1-3H3,(H,19,26)(H,20,23,27). The predicted molar refractivity (Wildman–Crippen MR) is 113 cm³/mol. The zero-order chi connectivity index (χ0) is 20.8. The summed E-state index contributed by atoms with van der Waals surface area (Å²) in [5, 5.41) is 23.5. The van der Waals surface area contributed by atoms with E-state index in [9.17, 15) is 9.59 Å². The molecule has 0 aliphatic carbocycles. The van der Waals surface area contributed by atoms with Crippen LogP contribution in [0, 0.1) is 6.92 Å². The van der Waals surface area contributed by atoms with E-state index in [4.69, 9.17) is 0 Å². The molecule has 29 heavy (non-hydrogen) atoms. The first kappa shape index (κ1) is 20.9. The first-order valence-electron chi connectivity index (χ1n) is 8.94. The maximum Gasteiger partial charge on any atom is 0.236 e. The van der Waals surface area contributed by atoms with E-state index in [1.807, 2.05) is 38.1 Å². The molecular formula is C18H21N7O2S2. The van der Waals surface area contributed by atoms with Crippen LogP contribution in [0.25, 0.3) is 0 Å². The third kappa shape index (κ3) is 5.84. The lowest BCUT2D eigenvalue weighted by Gasteiger charge is -2.06. The molecule has 3 aromatic rings. The Labute approximate surface area is 176 Å². The summed E-state index contributed by atoms with van der Waals surface area (Å²) in [5.74, 6) is 0.300. The molecule has 11 heteroatoms. The third-order valence-electron chi connectivity index (χ3n) is 3.93. The number of carbonyl (C=O) groups is 2. The van der Waals surface area contributed by atoms with Gasteiger partial charge in [0.05, 0.1) is 12.2 Å². The molecule has 0 atom stereocenters. The maximum absolute atomic E-state index is 12.2. The van der Waals surface area contributed by atoms with Crippen LogP contribution >= 0.6 is 23.1 Å². The Bertz CT molecular complexity index is 998. The van der Waals surface area contributed by atoms with Crippen molar-refractivity contribution < 1.29 is 9.59 Å². The first-order chi connectivity index (χ1) is 13.9. The Balaban J connectivity index is 1.51. The molecule has 0 radical (unpaired) electrons. The van der Waals surface area contributed by atoms with Gasteiger partial charge >= 0.3 is 0 Å². The van der Waals surface area contributed by atoms with Gasteiger partial charge in [-0.15, -0.1) is 20.4 Å². The van der Waals surface area contributed by atoms with Gasteiger partial charge in [-0.2, -0.15) is 0 Å². The summed E-state index contributed by atoms with van der Waals surface area (Å²) >= 11 is 2.60. The van der Waals surface area contributed by atoms with Crippen LogP contribution < -0.4 is 10.6 Å². The largest absolute Gasteiger partial charge is 0.326 e. The lowest BCUT2D eigenvalue weighted by Crippen LogP contribution is -2.17. The van der Waals surface area contributed by atoms with Crippen LogP contribution in [0.5, 0.6) is 0 Å². The summed E-state index contributed by atoms with van der Waals surface area (Å²) in [6, 6.07) is 7.57. The number of rotatable bonds is 8. The minimum Gasteiger partial charge on any atom is -0.326 e. The summed E-state index contributed by atoms with van der Waals surface area (Å²) < 4.78 is 1.72. The molecule has 0 bridgehead atoms. The second-order valence-corrected chi connectivity index (χ2v) is 8.24. The lowest BCUT2D eigenvalue weighted by atomic mass is 10.2. The quantitative estimate of drug-likeness (QED) is 0.527. The SMILES string of the molecule is CCc1nnc(NC(=O)CSc2nnc(CC(=O)Nc3ccc(C)cc3)n2C)s1. The van der Waals surface area contributed by atoms with Crippen molar-refractivity contribution in [1.29, 1.82) is 0 Å². The van der Waals surface area contributed by atoms with E-state index in [1.54, 1.807) is 11.6 Å². The smallest absolute Gasteiger partial charge is 0.236 e. The number of anilines is 2. The zero-order valence-electron chi connectivity index (χ0n) is 16.3. The van der Waals surface area contributed by atoms with Crippen molar-refractivity contribution in [3.8, 4) is 0 Å². The molecule has 0 aliphatic rings. The summed E-state index contributed by atoms with van der Waals surface area (Å²) in [4.78, 5) is 24.3. The van der Waals surface area contributed by atoms with Crippen LogP contribution in [-0.4, -0.2) is 42.5 Å². The molecule has 2 heterocycles. The van der Waals surface area contributed by atoms with Gasteiger partial charge in [0.15, 0.2) is 5.16 Å². The van der Waals surface area contributed by atoms with Gasteiger partial charge in [-0.3, -0.25) is 14.9 Å². The zero-order valence-corrected chi connectivity index (χ0v) is 17.9. The molecule has 0 aliphatic heterocycles. The fraction of sp³-hybridized carbons (Fsp3) is 0.333. The van der Waals surface area contributed by atoms with Gasteiger partial charge in [0.1, 0.15) is 10.8 Å². The number of carbonyl (C=O) groups excluding carboxylic acids is 2. The molecule has 0 spiro atoms. The Morgan fingerprint density at radius 1 is 1.07 bits per heavy atom. The van der Waals surface area contributed by atoms with Gasteiger partial charge in [0.2, 0.25) is 16.9 Å². The molecule has 2 amide bonds. The van der Waals surface area contributed by atoms with E-state index >= 15 is 0 Å². The molecule has 2 N–H and O–H groups in total. The Kier molecular flexibility index (Phi) is 6.94. The van der Waals surface area contributed by atoms with Crippen molar-refractivity contribution in [3.05, 3.63) is 40.7 Å². The van der Waals surface area contributed by atoms with Crippen LogP contribution in [0.3, 0.4) is 0 Å². The van der Waals surface area contributed by atoms with Gasteiger partial charge in [-0.1, -0.05) is 47.7 Å². The minimum absolute atomic E-state index is 0.0920. The average Bonchev–Trinajstić information content (AvgIpc) is 3.29. The van der Waals surface area contributed by atoms with E-state index in [1.165, 1.54) is 23.1 Å². The van der Waals surface area contributed by atoms with Gasteiger partial charge in [-0.05, 0) is 25.5 Å². The van der Waals surface area contributed by atoms with E-state index in [2.05, 4.69) is 31.0 Å². The molecule has 3 rings (SSSR count). The van der Waals surface area contributed by atoms with Gasteiger partial charge in [-0.25, -0.2) is 0 Å². The van der Waals surface area contributed by atoms with Crippen molar-refractivity contribution >= 4 is 45.7 Å². The van der Waals surface area contributed by atoms with Crippen LogP contribution in [0.2, 0.25) is 0 Å². The van der Waals surface area contributed by atoms with Crippen LogP contribution in [-0.2, 0) is 29.5 Å². The number of amides is 2. The van der Waals surface area contributed by atoms with Gasteiger partial charge in [0.25, 0.3) is 0 Å². The summed E-state index contributed by atoms with van der Waals surface area (Å²) in [6.07, 6.45) is 0.871.